The number of nitrogens with zero attached hydrogens (tertiary/aromatic N) is 2. The number of aldehydes is 1. The van der Waals surface area contributed by atoms with Crippen molar-refractivity contribution >= 4 is 28.1 Å². The van der Waals surface area contributed by atoms with Crippen LogP contribution in [0.15, 0.2) is 34.9 Å². The minimum absolute atomic E-state index is 0.225. The van der Waals surface area contributed by atoms with Crippen molar-refractivity contribution in [2.75, 3.05) is 0 Å². The van der Waals surface area contributed by atoms with E-state index in [4.69, 9.17) is 0 Å². The summed E-state index contributed by atoms with van der Waals surface area (Å²) < 4.78 is 2.11. The van der Waals surface area contributed by atoms with E-state index < -0.39 is 0 Å². The van der Waals surface area contributed by atoms with Gasteiger partial charge in [-0.1, -0.05) is 28.1 Å². The molecule has 2 aromatic rings. The summed E-state index contributed by atoms with van der Waals surface area (Å²) in [6, 6.07) is 7.39. The largest absolute Gasteiger partial charge is 0.298 e. The minimum atomic E-state index is -0.225. The molecule has 1 aromatic carbocycles. The molecule has 1 heterocycles. The van der Waals surface area contributed by atoms with E-state index in [-0.39, 0.29) is 5.91 Å². The molecule has 0 radical (unpaired) electrons. The Hall–Kier alpha value is -1.75. The Morgan fingerprint density at radius 1 is 1.35 bits per heavy atom. The number of halogens is 1. The van der Waals surface area contributed by atoms with Crippen LogP contribution >= 0.6 is 15.9 Å². The van der Waals surface area contributed by atoms with E-state index in [1.807, 2.05) is 24.3 Å². The molecule has 86 valence electrons. The Labute approximate surface area is 106 Å². The number of carbonyl (C=O) groups excluding carboxylic acids is 2. The molecule has 0 aliphatic carbocycles. The molecule has 0 spiro atoms. The van der Waals surface area contributed by atoms with Gasteiger partial charge < -0.3 is 0 Å². The van der Waals surface area contributed by atoms with Crippen LogP contribution in [0.25, 0.3) is 11.3 Å². The maximum Gasteiger partial charge on any atom is 0.243 e. The van der Waals surface area contributed by atoms with Gasteiger partial charge in [-0.2, -0.15) is 5.10 Å². The topological polar surface area (TPSA) is 52.0 Å². The predicted octanol–water partition coefficient (Wildman–Crippen LogP) is 2.79. The molecule has 0 amide bonds. The highest BCUT2D eigenvalue weighted by Gasteiger charge is 2.12. The Balaban J connectivity index is 2.54. The number of hydrogen-bond donors (Lipinski definition) is 0. The van der Waals surface area contributed by atoms with Crippen LogP contribution in [-0.4, -0.2) is 22.0 Å². The van der Waals surface area contributed by atoms with Crippen LogP contribution in [0.5, 0.6) is 0 Å². The van der Waals surface area contributed by atoms with E-state index in [1.54, 1.807) is 0 Å². The van der Waals surface area contributed by atoms with E-state index in [2.05, 4.69) is 21.0 Å². The molecule has 0 saturated carbocycles. The second-order valence-corrected chi connectivity index (χ2v) is 4.44. The molecule has 0 fully saturated rings. The third-order valence-electron chi connectivity index (χ3n) is 2.31. The summed E-state index contributed by atoms with van der Waals surface area (Å²) >= 11 is 3.33. The molecular weight excluding hydrogens is 284 g/mol. The van der Waals surface area contributed by atoms with Crippen LogP contribution in [0.2, 0.25) is 0 Å². The first-order valence-electron chi connectivity index (χ1n) is 4.93. The highest BCUT2D eigenvalue weighted by Crippen LogP contribution is 2.22. The molecule has 0 atom stereocenters. The summed E-state index contributed by atoms with van der Waals surface area (Å²) in [6.45, 7) is 1.40. The first kappa shape index (κ1) is 11.7. The van der Waals surface area contributed by atoms with Crippen LogP contribution in [0.4, 0.5) is 0 Å². The van der Waals surface area contributed by atoms with Crippen molar-refractivity contribution in [1.82, 2.24) is 9.78 Å². The zero-order valence-corrected chi connectivity index (χ0v) is 10.6. The molecule has 0 aliphatic rings. The molecule has 17 heavy (non-hydrogen) atoms. The Kier molecular flexibility index (Phi) is 3.19. The minimum Gasteiger partial charge on any atom is -0.298 e. The van der Waals surface area contributed by atoms with E-state index in [0.717, 1.165) is 10.0 Å². The van der Waals surface area contributed by atoms with Crippen LogP contribution in [-0.2, 0) is 0 Å². The average molecular weight is 293 g/mol. The molecule has 0 unspecified atom stereocenters. The van der Waals surface area contributed by atoms with Gasteiger partial charge in [-0.05, 0) is 12.1 Å². The average Bonchev–Trinajstić information content (AvgIpc) is 2.74. The molecule has 5 heteroatoms. The van der Waals surface area contributed by atoms with Gasteiger partial charge in [0.2, 0.25) is 5.91 Å². The second kappa shape index (κ2) is 4.63. The number of carbonyl (C=O) groups is 2. The number of hydrogen-bond acceptors (Lipinski definition) is 3. The van der Waals surface area contributed by atoms with E-state index in [1.165, 1.54) is 17.8 Å². The SMILES string of the molecule is CC(=O)n1cc(C=O)c(-c2ccc(Br)cc2)n1. The van der Waals surface area contributed by atoms with Gasteiger partial charge in [0, 0.05) is 23.2 Å². The molecule has 4 nitrogen and oxygen atoms in total. The lowest BCUT2D eigenvalue weighted by Gasteiger charge is -1.98. The van der Waals surface area contributed by atoms with Crippen LogP contribution in [0.3, 0.4) is 0 Å². The molecular formula is C12H9BrN2O2. The van der Waals surface area contributed by atoms with E-state index >= 15 is 0 Å². The Morgan fingerprint density at radius 3 is 2.53 bits per heavy atom. The van der Waals surface area contributed by atoms with Gasteiger partial charge in [-0.3, -0.25) is 9.59 Å². The van der Waals surface area contributed by atoms with Gasteiger partial charge in [-0.15, -0.1) is 0 Å². The van der Waals surface area contributed by atoms with Gasteiger partial charge in [-0.25, -0.2) is 4.68 Å². The zero-order valence-electron chi connectivity index (χ0n) is 9.05. The smallest absolute Gasteiger partial charge is 0.243 e. The maximum absolute atomic E-state index is 11.2. The summed E-state index contributed by atoms with van der Waals surface area (Å²) in [6.07, 6.45) is 2.14. The van der Waals surface area contributed by atoms with Crippen molar-refractivity contribution < 1.29 is 9.59 Å². The van der Waals surface area contributed by atoms with Gasteiger partial charge in [0.05, 0.1) is 5.56 Å². The summed E-state index contributed by atoms with van der Waals surface area (Å²) in [4.78, 5) is 22.1. The van der Waals surface area contributed by atoms with Crippen molar-refractivity contribution in [3.63, 3.8) is 0 Å². The van der Waals surface area contributed by atoms with Crippen molar-refractivity contribution in [2.45, 2.75) is 6.92 Å². The maximum atomic E-state index is 11.2. The second-order valence-electron chi connectivity index (χ2n) is 3.52. The number of rotatable bonds is 2. The summed E-state index contributed by atoms with van der Waals surface area (Å²) in [7, 11) is 0. The Bertz CT molecular complexity index is 573. The molecule has 0 aliphatic heterocycles. The quantitative estimate of drug-likeness (QED) is 0.800. The van der Waals surface area contributed by atoms with Crippen LogP contribution in [0, 0.1) is 0 Å². The van der Waals surface area contributed by atoms with Crippen molar-refractivity contribution in [3.8, 4) is 11.3 Å². The Morgan fingerprint density at radius 2 is 2.00 bits per heavy atom. The predicted molar refractivity (Wildman–Crippen MR) is 67.1 cm³/mol. The van der Waals surface area contributed by atoms with Gasteiger partial charge in [0.15, 0.2) is 6.29 Å². The van der Waals surface area contributed by atoms with Crippen molar-refractivity contribution in [2.24, 2.45) is 0 Å². The van der Waals surface area contributed by atoms with Gasteiger partial charge in [0.25, 0.3) is 0 Å². The van der Waals surface area contributed by atoms with E-state index in [9.17, 15) is 9.59 Å². The monoisotopic (exact) mass is 292 g/mol. The van der Waals surface area contributed by atoms with Crippen LogP contribution < -0.4 is 0 Å². The first-order valence-corrected chi connectivity index (χ1v) is 5.73. The fourth-order valence-electron chi connectivity index (χ4n) is 1.47. The van der Waals surface area contributed by atoms with E-state index in [0.29, 0.717) is 17.5 Å². The molecule has 0 bridgehead atoms. The standard InChI is InChI=1S/C12H9BrN2O2/c1-8(17)15-6-10(7-16)12(14-15)9-2-4-11(13)5-3-9/h2-7H,1H3. The van der Waals surface area contributed by atoms with Crippen LogP contribution in [0.1, 0.15) is 22.1 Å². The van der Waals surface area contributed by atoms with Crippen molar-refractivity contribution in [1.29, 1.82) is 0 Å². The van der Waals surface area contributed by atoms with Gasteiger partial charge >= 0.3 is 0 Å². The molecule has 1 aromatic heterocycles. The normalized spacial score (nSPS) is 10.2. The highest BCUT2D eigenvalue weighted by atomic mass is 79.9. The third kappa shape index (κ3) is 2.34. The van der Waals surface area contributed by atoms with Crippen molar-refractivity contribution in [3.05, 3.63) is 40.5 Å². The van der Waals surface area contributed by atoms with Gasteiger partial charge in [0.1, 0.15) is 5.69 Å². The molecule has 0 saturated heterocycles. The lowest BCUT2D eigenvalue weighted by molar-refractivity contribution is 0.0921. The lowest BCUT2D eigenvalue weighted by atomic mass is 10.1. The summed E-state index contributed by atoms with van der Waals surface area (Å²) in [5.41, 5.74) is 1.72. The fourth-order valence-corrected chi connectivity index (χ4v) is 1.73. The lowest BCUT2D eigenvalue weighted by Crippen LogP contribution is -2.05. The third-order valence-corrected chi connectivity index (χ3v) is 2.84. The summed E-state index contributed by atoms with van der Waals surface area (Å²) in [5, 5.41) is 4.10. The highest BCUT2D eigenvalue weighted by molar-refractivity contribution is 9.10. The molecule has 2 rings (SSSR count). The fraction of sp³-hybridized carbons (Fsp3) is 0.0833. The zero-order chi connectivity index (χ0) is 12.4. The molecule has 0 N–H and O–H groups in total. The number of benzene rings is 1. The first-order chi connectivity index (χ1) is 8.11. The summed E-state index contributed by atoms with van der Waals surface area (Å²) in [5.74, 6) is -0.225. The number of aromatic nitrogens is 2.